The minimum atomic E-state index is -0.948. The fourth-order valence-electron chi connectivity index (χ4n) is 4.92. The van der Waals surface area contributed by atoms with Crippen molar-refractivity contribution in [1.29, 1.82) is 0 Å². The molecule has 198 valence electrons. The van der Waals surface area contributed by atoms with Gasteiger partial charge in [-0.3, -0.25) is 4.79 Å². The van der Waals surface area contributed by atoms with E-state index in [9.17, 15) is 14.7 Å². The van der Waals surface area contributed by atoms with Crippen LogP contribution in [0, 0.1) is 0 Å². The van der Waals surface area contributed by atoms with Gasteiger partial charge in [0.15, 0.2) is 0 Å². The number of likely N-dealkylation sites (tertiary alicyclic amines) is 1. The van der Waals surface area contributed by atoms with Crippen molar-refractivity contribution in [3.63, 3.8) is 0 Å². The molecule has 0 radical (unpaired) electrons. The van der Waals surface area contributed by atoms with Crippen molar-refractivity contribution < 1.29 is 19.8 Å². The van der Waals surface area contributed by atoms with Crippen LogP contribution in [0.5, 0.6) is 0 Å². The predicted molar refractivity (Wildman–Crippen MR) is 151 cm³/mol. The van der Waals surface area contributed by atoms with Gasteiger partial charge in [0.25, 0.3) is 0 Å². The average Bonchev–Trinajstić information content (AvgIpc) is 3.25. The molecule has 0 aliphatic carbocycles. The third kappa shape index (κ3) is 6.99. The zero-order chi connectivity index (χ0) is 27.3. The molecule has 1 amide bonds. The highest BCUT2D eigenvalue weighted by Crippen LogP contribution is 2.27. The molecule has 0 unspecified atom stereocenters. The number of aliphatic hydroxyl groups excluding tert-OH is 1. The van der Waals surface area contributed by atoms with Crippen LogP contribution in [0.3, 0.4) is 0 Å². The molecular formula is C33H37NO4. The number of rotatable bonds is 9. The molecule has 1 heterocycles. The summed E-state index contributed by atoms with van der Waals surface area (Å²) in [6, 6.07) is 23.7. The lowest BCUT2D eigenvalue weighted by Gasteiger charge is -2.23. The Morgan fingerprint density at radius 1 is 1.00 bits per heavy atom. The number of aromatic carboxylic acids is 1. The Kier molecular flexibility index (Phi) is 8.48. The molecule has 0 aromatic heterocycles. The van der Waals surface area contributed by atoms with E-state index in [1.54, 1.807) is 24.3 Å². The van der Waals surface area contributed by atoms with E-state index in [1.165, 1.54) is 5.56 Å². The predicted octanol–water partition coefficient (Wildman–Crippen LogP) is 6.04. The normalized spacial score (nSPS) is 16.8. The minimum Gasteiger partial charge on any atom is -0.478 e. The lowest BCUT2D eigenvalue weighted by atomic mass is 9.86. The first kappa shape index (κ1) is 27.3. The fraction of sp³-hybridized carbons (Fsp3) is 0.333. The van der Waals surface area contributed by atoms with Gasteiger partial charge >= 0.3 is 5.97 Å². The second-order valence-corrected chi connectivity index (χ2v) is 11.1. The van der Waals surface area contributed by atoms with Crippen molar-refractivity contribution >= 4 is 11.9 Å². The Bertz CT molecular complexity index is 1290. The number of amides is 1. The first-order chi connectivity index (χ1) is 18.1. The molecule has 1 aliphatic heterocycles. The highest BCUT2D eigenvalue weighted by Gasteiger charge is 2.28. The van der Waals surface area contributed by atoms with Crippen LogP contribution in [0.25, 0.3) is 11.1 Å². The Morgan fingerprint density at radius 2 is 1.71 bits per heavy atom. The van der Waals surface area contributed by atoms with Gasteiger partial charge in [0.05, 0.1) is 17.7 Å². The van der Waals surface area contributed by atoms with Crippen LogP contribution in [0.15, 0.2) is 84.9 Å². The van der Waals surface area contributed by atoms with Crippen LogP contribution in [0.2, 0.25) is 0 Å². The lowest BCUT2D eigenvalue weighted by Crippen LogP contribution is -2.33. The standard InChI is InChI=1S/C33H37NO4/c1-33(2,3)28-13-11-25(12-14-28)27-6-4-5-24(21-27)22-30(35)17-15-29-16-18-31(36)34(29)20-19-23-7-9-26(10-8-23)32(37)38/h4-15,17,21,29-30,35H,16,18-20,22H2,1-3H3,(H,37,38)/b17-15+/t29-,30+/m0/s1. The third-order valence-corrected chi connectivity index (χ3v) is 7.23. The third-order valence-electron chi connectivity index (χ3n) is 7.23. The fourth-order valence-corrected chi connectivity index (χ4v) is 4.92. The maximum atomic E-state index is 12.5. The van der Waals surface area contributed by atoms with Crippen LogP contribution < -0.4 is 0 Å². The van der Waals surface area contributed by atoms with Gasteiger partial charge in [-0.2, -0.15) is 0 Å². The van der Waals surface area contributed by atoms with Gasteiger partial charge < -0.3 is 15.1 Å². The number of hydrogen-bond acceptors (Lipinski definition) is 3. The van der Waals surface area contributed by atoms with Crippen LogP contribution in [0.4, 0.5) is 0 Å². The molecule has 2 N–H and O–H groups in total. The van der Waals surface area contributed by atoms with Crippen LogP contribution in [-0.2, 0) is 23.1 Å². The topological polar surface area (TPSA) is 77.8 Å². The molecule has 1 fully saturated rings. The molecule has 0 spiro atoms. The average molecular weight is 512 g/mol. The van der Waals surface area contributed by atoms with Gasteiger partial charge in [0.1, 0.15) is 0 Å². The van der Waals surface area contributed by atoms with Gasteiger partial charge in [-0.1, -0.05) is 93.6 Å². The number of benzene rings is 3. The Labute approximate surface area is 225 Å². The first-order valence-electron chi connectivity index (χ1n) is 13.3. The molecule has 38 heavy (non-hydrogen) atoms. The molecule has 5 nitrogen and oxygen atoms in total. The highest BCUT2D eigenvalue weighted by molar-refractivity contribution is 5.87. The summed E-state index contributed by atoms with van der Waals surface area (Å²) in [4.78, 5) is 25.4. The summed E-state index contributed by atoms with van der Waals surface area (Å²) >= 11 is 0. The van der Waals surface area contributed by atoms with Crippen LogP contribution in [0.1, 0.15) is 60.7 Å². The molecule has 0 bridgehead atoms. The van der Waals surface area contributed by atoms with E-state index < -0.39 is 12.1 Å². The zero-order valence-electron chi connectivity index (χ0n) is 22.4. The minimum absolute atomic E-state index is 0.0388. The van der Waals surface area contributed by atoms with Crippen molar-refractivity contribution in [2.24, 2.45) is 0 Å². The number of aliphatic hydroxyl groups is 1. The monoisotopic (exact) mass is 511 g/mol. The second kappa shape index (κ2) is 11.8. The second-order valence-electron chi connectivity index (χ2n) is 11.1. The number of hydrogen-bond donors (Lipinski definition) is 2. The van der Waals surface area contributed by atoms with E-state index >= 15 is 0 Å². The van der Waals surface area contributed by atoms with Gasteiger partial charge in [-0.15, -0.1) is 0 Å². The summed E-state index contributed by atoms with van der Waals surface area (Å²) in [5, 5.41) is 19.8. The van der Waals surface area contributed by atoms with E-state index in [4.69, 9.17) is 5.11 Å². The van der Waals surface area contributed by atoms with Crippen molar-refractivity contribution in [1.82, 2.24) is 4.90 Å². The largest absolute Gasteiger partial charge is 0.478 e. The molecule has 1 aliphatic rings. The molecule has 0 saturated carbocycles. The molecule has 3 aromatic carbocycles. The Balaban J connectivity index is 1.35. The Morgan fingerprint density at radius 3 is 2.37 bits per heavy atom. The SMILES string of the molecule is CC(C)(C)c1ccc(-c2cccc(C[C@H](O)/C=C/[C@H]3CCC(=O)N3CCc3ccc(C(=O)O)cc3)c2)cc1. The van der Waals surface area contributed by atoms with E-state index in [-0.39, 0.29) is 22.9 Å². The number of carboxylic acids is 1. The summed E-state index contributed by atoms with van der Waals surface area (Å²) in [6.07, 6.45) is 5.51. The highest BCUT2D eigenvalue weighted by atomic mass is 16.4. The van der Waals surface area contributed by atoms with Crippen molar-refractivity contribution in [3.8, 4) is 11.1 Å². The van der Waals surface area contributed by atoms with Crippen LogP contribution in [-0.4, -0.2) is 45.7 Å². The quantitative estimate of drug-likeness (QED) is 0.343. The molecule has 1 saturated heterocycles. The van der Waals surface area contributed by atoms with Crippen LogP contribution >= 0.6 is 0 Å². The maximum absolute atomic E-state index is 12.5. The van der Waals surface area contributed by atoms with Gasteiger partial charge in [0, 0.05) is 19.4 Å². The van der Waals surface area contributed by atoms with E-state index in [1.807, 2.05) is 29.2 Å². The summed E-state index contributed by atoms with van der Waals surface area (Å²) in [5.74, 6) is -0.835. The van der Waals surface area contributed by atoms with Crippen molar-refractivity contribution in [2.45, 2.75) is 64.0 Å². The van der Waals surface area contributed by atoms with Crippen molar-refractivity contribution in [3.05, 3.63) is 107 Å². The van der Waals surface area contributed by atoms with Gasteiger partial charge in [-0.05, 0) is 58.2 Å². The zero-order valence-corrected chi connectivity index (χ0v) is 22.4. The first-order valence-corrected chi connectivity index (χ1v) is 13.3. The smallest absolute Gasteiger partial charge is 0.335 e. The molecule has 4 rings (SSSR count). The van der Waals surface area contributed by atoms with E-state index in [0.717, 1.165) is 28.7 Å². The summed E-state index contributed by atoms with van der Waals surface area (Å²) in [5.41, 5.74) is 6.00. The molecule has 5 heteroatoms. The summed E-state index contributed by atoms with van der Waals surface area (Å²) < 4.78 is 0. The molecule has 2 atom stereocenters. The van der Waals surface area contributed by atoms with Gasteiger partial charge in [0.2, 0.25) is 5.91 Å². The maximum Gasteiger partial charge on any atom is 0.335 e. The number of nitrogens with zero attached hydrogens (tertiary/aromatic N) is 1. The lowest BCUT2D eigenvalue weighted by molar-refractivity contribution is -0.128. The summed E-state index contributed by atoms with van der Waals surface area (Å²) in [6.45, 7) is 7.19. The molecular weight excluding hydrogens is 474 g/mol. The van der Waals surface area contributed by atoms with Crippen molar-refractivity contribution in [2.75, 3.05) is 6.54 Å². The summed E-state index contributed by atoms with van der Waals surface area (Å²) in [7, 11) is 0. The van der Waals surface area contributed by atoms with E-state index in [0.29, 0.717) is 25.8 Å². The Hall–Kier alpha value is -3.70. The number of carbonyl (C=O) groups excluding carboxylic acids is 1. The van der Waals surface area contributed by atoms with E-state index in [2.05, 4.69) is 57.2 Å². The number of carbonyl (C=O) groups is 2. The number of carboxylic acid groups (broad SMARTS) is 1. The molecule has 3 aromatic rings. The van der Waals surface area contributed by atoms with Gasteiger partial charge in [-0.25, -0.2) is 4.79 Å².